The molecule has 2 heterocycles. The lowest BCUT2D eigenvalue weighted by Crippen LogP contribution is -2.23. The highest BCUT2D eigenvalue weighted by molar-refractivity contribution is 6.00. The van der Waals surface area contributed by atoms with E-state index in [0.29, 0.717) is 29.9 Å². The lowest BCUT2D eigenvalue weighted by atomic mass is 10.0. The Kier molecular flexibility index (Phi) is 7.09. The average Bonchev–Trinajstić information content (AvgIpc) is 3.29. The molecule has 35 heavy (non-hydrogen) atoms. The molecule has 2 amide bonds. The van der Waals surface area contributed by atoms with Gasteiger partial charge in [-0.1, -0.05) is 36.4 Å². The Morgan fingerprint density at radius 1 is 1.23 bits per heavy atom. The summed E-state index contributed by atoms with van der Waals surface area (Å²) in [5, 5.41) is 7.17. The van der Waals surface area contributed by atoms with E-state index in [0.717, 1.165) is 10.2 Å². The molecule has 3 N–H and O–H groups in total. The van der Waals surface area contributed by atoms with E-state index in [1.165, 1.54) is 13.4 Å². The Bertz CT molecular complexity index is 1250. The fraction of sp³-hybridized carbons (Fsp3) is 0.240. The van der Waals surface area contributed by atoms with Gasteiger partial charge in [0.1, 0.15) is 17.1 Å². The molecule has 1 aliphatic rings. The van der Waals surface area contributed by atoms with Crippen LogP contribution in [0.3, 0.4) is 0 Å². The molecule has 2 aromatic carbocycles. The number of amides is 2. The Balaban J connectivity index is 1.59. The summed E-state index contributed by atoms with van der Waals surface area (Å²) >= 11 is 0. The average molecular weight is 482 g/mol. The van der Waals surface area contributed by atoms with Crippen molar-refractivity contribution in [2.75, 3.05) is 13.7 Å². The molecule has 0 fully saturated rings. The number of nitrogens with one attached hydrogen (secondary N) is 1. The van der Waals surface area contributed by atoms with E-state index in [9.17, 15) is 18.4 Å². The number of hydrogen-bond donors (Lipinski definition) is 2. The van der Waals surface area contributed by atoms with Crippen LogP contribution in [0, 0.1) is 0 Å². The Morgan fingerprint density at radius 3 is 2.60 bits per heavy atom. The van der Waals surface area contributed by atoms with Gasteiger partial charge < -0.3 is 20.5 Å². The number of alkyl halides is 2. The molecule has 0 aliphatic carbocycles. The van der Waals surface area contributed by atoms with Gasteiger partial charge in [0.2, 0.25) is 0 Å². The van der Waals surface area contributed by atoms with Crippen LogP contribution >= 0.6 is 0 Å². The van der Waals surface area contributed by atoms with Crippen molar-refractivity contribution in [3.8, 4) is 17.0 Å². The van der Waals surface area contributed by atoms with Gasteiger partial charge in [0, 0.05) is 18.5 Å². The lowest BCUT2D eigenvalue weighted by Gasteiger charge is -2.19. The first-order chi connectivity index (χ1) is 16.9. The van der Waals surface area contributed by atoms with Crippen molar-refractivity contribution in [3.05, 3.63) is 83.3 Å². The normalized spacial score (nSPS) is 15.0. The van der Waals surface area contributed by atoms with Crippen molar-refractivity contribution < 1.29 is 27.8 Å². The molecule has 1 aliphatic heterocycles. The zero-order chi connectivity index (χ0) is 24.9. The van der Waals surface area contributed by atoms with Crippen LogP contribution in [0.4, 0.5) is 8.78 Å². The number of hydrogen-bond acceptors (Lipinski definition) is 5. The summed E-state index contributed by atoms with van der Waals surface area (Å²) in [6.45, 7) is 0.573. The maximum absolute atomic E-state index is 14.0. The number of primary amides is 1. The number of carbonyl (C=O) groups excluding carboxylic acids is 2. The standard InChI is InChI=1S/C25H24F2N4O4/c1-34-19-5-3-2-4-18(19)25(33)29-14-15-6-8-16(9-7-15)21-20(24(28)32)22(23(26)27)31(30-21)17-10-12-35-13-11-17/h2-10,12,17,23H,11,13-14H2,1H3,(H2,28,32)(H,29,33). The second kappa shape index (κ2) is 10.4. The number of nitrogens with zero attached hydrogens (tertiary/aromatic N) is 2. The number of aromatic nitrogens is 2. The molecule has 1 atom stereocenters. The van der Waals surface area contributed by atoms with Gasteiger partial charge in [0.25, 0.3) is 18.2 Å². The minimum Gasteiger partial charge on any atom is -0.501 e. The third-order valence-electron chi connectivity index (χ3n) is 5.68. The summed E-state index contributed by atoms with van der Waals surface area (Å²) in [5.41, 5.74) is 6.38. The quantitative estimate of drug-likeness (QED) is 0.505. The second-order valence-corrected chi connectivity index (χ2v) is 7.85. The van der Waals surface area contributed by atoms with Crippen LogP contribution in [0.2, 0.25) is 0 Å². The van der Waals surface area contributed by atoms with E-state index in [1.54, 1.807) is 54.6 Å². The minimum atomic E-state index is -2.94. The number of benzene rings is 2. The smallest absolute Gasteiger partial charge is 0.280 e. The van der Waals surface area contributed by atoms with Gasteiger partial charge in [0.15, 0.2) is 0 Å². The Hall–Kier alpha value is -4.21. The summed E-state index contributed by atoms with van der Waals surface area (Å²) in [6, 6.07) is 13.1. The fourth-order valence-corrected chi connectivity index (χ4v) is 3.95. The molecule has 0 bridgehead atoms. The van der Waals surface area contributed by atoms with E-state index in [4.69, 9.17) is 15.2 Å². The molecule has 3 aromatic rings. The number of allylic oxidation sites excluding steroid dienone is 1. The maximum Gasteiger partial charge on any atom is 0.280 e. The first-order valence-electron chi connectivity index (χ1n) is 10.9. The number of carbonyl (C=O) groups is 2. The summed E-state index contributed by atoms with van der Waals surface area (Å²) < 4.78 is 39.5. The minimum absolute atomic E-state index is 0.0808. The number of halogens is 2. The van der Waals surface area contributed by atoms with E-state index < -0.39 is 24.1 Å². The highest BCUT2D eigenvalue weighted by Crippen LogP contribution is 2.35. The molecular weight excluding hydrogens is 458 g/mol. The zero-order valence-corrected chi connectivity index (χ0v) is 18.9. The topological polar surface area (TPSA) is 108 Å². The number of para-hydroxylation sites is 1. The third-order valence-corrected chi connectivity index (χ3v) is 5.68. The monoisotopic (exact) mass is 482 g/mol. The van der Waals surface area contributed by atoms with Crippen molar-refractivity contribution in [1.82, 2.24) is 15.1 Å². The lowest BCUT2D eigenvalue weighted by molar-refractivity contribution is 0.0946. The first-order valence-corrected chi connectivity index (χ1v) is 10.9. The van der Waals surface area contributed by atoms with Gasteiger partial charge in [-0.05, 0) is 23.8 Å². The molecule has 4 rings (SSSR count). The first kappa shape index (κ1) is 23.9. The summed E-state index contributed by atoms with van der Waals surface area (Å²) in [7, 11) is 1.49. The van der Waals surface area contributed by atoms with Crippen LogP contribution in [0.5, 0.6) is 5.75 Å². The molecule has 8 nitrogen and oxygen atoms in total. The predicted molar refractivity (Wildman–Crippen MR) is 124 cm³/mol. The summed E-state index contributed by atoms with van der Waals surface area (Å²) in [6.07, 6.45) is 0.535. The molecule has 0 saturated carbocycles. The van der Waals surface area contributed by atoms with Crippen LogP contribution in [-0.2, 0) is 11.3 Å². The van der Waals surface area contributed by atoms with E-state index in [2.05, 4.69) is 10.4 Å². The van der Waals surface area contributed by atoms with Crippen LogP contribution in [-0.4, -0.2) is 35.3 Å². The Morgan fingerprint density at radius 2 is 1.97 bits per heavy atom. The van der Waals surface area contributed by atoms with E-state index in [1.807, 2.05) is 0 Å². The van der Waals surface area contributed by atoms with Gasteiger partial charge in [-0.15, -0.1) is 0 Å². The van der Waals surface area contributed by atoms with Gasteiger partial charge in [-0.2, -0.15) is 5.10 Å². The van der Waals surface area contributed by atoms with E-state index >= 15 is 0 Å². The third kappa shape index (κ3) is 5.01. The SMILES string of the molecule is COc1ccccc1C(=O)NCc1ccc(-c2nn(C3C=COCC3)c(C(F)F)c2C(N)=O)cc1. The van der Waals surface area contributed by atoms with Crippen molar-refractivity contribution in [2.45, 2.75) is 25.4 Å². The number of nitrogens with two attached hydrogens (primary N) is 1. The van der Waals surface area contributed by atoms with E-state index in [-0.39, 0.29) is 23.7 Å². The van der Waals surface area contributed by atoms with Crippen molar-refractivity contribution in [3.63, 3.8) is 0 Å². The highest BCUT2D eigenvalue weighted by Gasteiger charge is 2.31. The molecular formula is C25H24F2N4O4. The Labute approximate surface area is 200 Å². The van der Waals surface area contributed by atoms with Crippen molar-refractivity contribution in [2.24, 2.45) is 5.73 Å². The van der Waals surface area contributed by atoms with Gasteiger partial charge >= 0.3 is 0 Å². The van der Waals surface area contributed by atoms with Gasteiger partial charge in [0.05, 0.1) is 37.1 Å². The molecule has 1 aromatic heterocycles. The number of ether oxygens (including phenoxy) is 2. The van der Waals surface area contributed by atoms with Gasteiger partial charge in [-0.25, -0.2) is 8.78 Å². The molecule has 182 valence electrons. The predicted octanol–water partition coefficient (Wildman–Crippen LogP) is 4.00. The highest BCUT2D eigenvalue weighted by atomic mass is 19.3. The number of methoxy groups -OCH3 is 1. The summed E-state index contributed by atoms with van der Waals surface area (Å²) in [5.74, 6) is -0.817. The molecule has 1 unspecified atom stereocenters. The molecule has 0 saturated heterocycles. The van der Waals surface area contributed by atoms with Crippen LogP contribution in [0.25, 0.3) is 11.3 Å². The van der Waals surface area contributed by atoms with Crippen LogP contribution in [0.1, 0.15) is 50.9 Å². The molecule has 0 radical (unpaired) electrons. The largest absolute Gasteiger partial charge is 0.501 e. The fourth-order valence-electron chi connectivity index (χ4n) is 3.95. The molecule has 10 heteroatoms. The summed E-state index contributed by atoms with van der Waals surface area (Å²) in [4.78, 5) is 24.7. The zero-order valence-electron chi connectivity index (χ0n) is 18.9. The second-order valence-electron chi connectivity index (χ2n) is 7.85. The van der Waals surface area contributed by atoms with Gasteiger partial charge in [-0.3, -0.25) is 14.3 Å². The van der Waals surface area contributed by atoms with Crippen molar-refractivity contribution in [1.29, 1.82) is 0 Å². The maximum atomic E-state index is 14.0. The van der Waals surface area contributed by atoms with Crippen LogP contribution < -0.4 is 15.8 Å². The van der Waals surface area contributed by atoms with Crippen molar-refractivity contribution >= 4 is 11.8 Å². The number of rotatable bonds is 8. The molecule has 0 spiro atoms. The van der Waals surface area contributed by atoms with Crippen LogP contribution in [0.15, 0.2) is 60.9 Å².